The summed E-state index contributed by atoms with van der Waals surface area (Å²) in [6, 6.07) is 10.8. The average Bonchev–Trinajstić information content (AvgIpc) is 3.11. The van der Waals surface area contributed by atoms with Gasteiger partial charge in [0.1, 0.15) is 0 Å². The lowest BCUT2D eigenvalue weighted by atomic mass is 10.1. The zero-order valence-electron chi connectivity index (χ0n) is 17.7. The molecule has 0 saturated heterocycles. The number of nitrogens with one attached hydrogen (secondary N) is 3. The molecule has 9 nitrogen and oxygen atoms in total. The highest BCUT2D eigenvalue weighted by atomic mass is 16.5. The standard InChI is InChI=1S/C22H24N4O5/c1-13-16(15-7-5-6-8-17(15)25-13)11-24-26-20(27)12-23-22(28)14-9-18(29-2)21(31-4)19(10-14)30-3/h5-11,25H,12H2,1-4H3,(H,23,28)(H,26,27)/b24-11-. The number of nitrogens with zero attached hydrogens (tertiary/aromatic N) is 1. The summed E-state index contributed by atoms with van der Waals surface area (Å²) in [6.45, 7) is 1.68. The number of aromatic amines is 1. The molecule has 3 rings (SSSR count). The quantitative estimate of drug-likeness (QED) is 0.380. The fraction of sp³-hybridized carbons (Fsp3) is 0.227. The van der Waals surface area contributed by atoms with E-state index < -0.39 is 11.8 Å². The molecule has 0 unspecified atom stereocenters. The first-order valence-electron chi connectivity index (χ1n) is 9.46. The maximum absolute atomic E-state index is 12.5. The number of hydrazone groups is 1. The van der Waals surface area contributed by atoms with E-state index in [1.807, 2.05) is 31.2 Å². The van der Waals surface area contributed by atoms with Gasteiger partial charge in [0, 0.05) is 27.7 Å². The number of methoxy groups -OCH3 is 3. The number of carbonyl (C=O) groups excluding carboxylic acids is 2. The van der Waals surface area contributed by atoms with Gasteiger partial charge in [0.25, 0.3) is 11.8 Å². The molecule has 0 spiro atoms. The number of aryl methyl sites for hydroxylation is 1. The molecular weight excluding hydrogens is 400 g/mol. The molecule has 9 heteroatoms. The molecule has 3 N–H and O–H groups in total. The lowest BCUT2D eigenvalue weighted by molar-refractivity contribution is -0.120. The number of carbonyl (C=O) groups is 2. The third-order valence-corrected chi connectivity index (χ3v) is 4.66. The van der Waals surface area contributed by atoms with Crippen molar-refractivity contribution in [1.29, 1.82) is 0 Å². The van der Waals surface area contributed by atoms with Gasteiger partial charge in [-0.15, -0.1) is 0 Å². The average molecular weight is 424 g/mol. The van der Waals surface area contributed by atoms with Crippen LogP contribution in [0.5, 0.6) is 17.2 Å². The number of fused-ring (bicyclic) bond motifs is 1. The Balaban J connectivity index is 1.61. The van der Waals surface area contributed by atoms with Gasteiger partial charge in [0.15, 0.2) is 11.5 Å². The van der Waals surface area contributed by atoms with Crippen LogP contribution in [0.4, 0.5) is 0 Å². The van der Waals surface area contributed by atoms with Crippen LogP contribution in [-0.4, -0.2) is 50.9 Å². The number of rotatable bonds is 8. The van der Waals surface area contributed by atoms with E-state index in [9.17, 15) is 9.59 Å². The Morgan fingerprint density at radius 1 is 1.06 bits per heavy atom. The Kier molecular flexibility index (Phi) is 6.76. The van der Waals surface area contributed by atoms with Crippen LogP contribution in [0.25, 0.3) is 10.9 Å². The summed E-state index contributed by atoms with van der Waals surface area (Å²) in [7, 11) is 4.39. The van der Waals surface area contributed by atoms with Crippen LogP contribution in [0.1, 0.15) is 21.6 Å². The summed E-state index contributed by atoms with van der Waals surface area (Å²) in [5.41, 5.74) is 5.50. The molecule has 0 saturated carbocycles. The van der Waals surface area contributed by atoms with Gasteiger partial charge in [-0.05, 0) is 25.1 Å². The molecule has 0 aliphatic carbocycles. The first kappa shape index (κ1) is 21.7. The Hall–Kier alpha value is -4.01. The first-order chi connectivity index (χ1) is 15.0. The van der Waals surface area contributed by atoms with E-state index in [1.165, 1.54) is 33.5 Å². The summed E-state index contributed by atoms with van der Waals surface area (Å²) in [5, 5.41) is 7.55. The number of ether oxygens (including phenoxy) is 3. The molecule has 3 aromatic rings. The molecule has 0 radical (unpaired) electrons. The summed E-state index contributed by atoms with van der Waals surface area (Å²) >= 11 is 0. The summed E-state index contributed by atoms with van der Waals surface area (Å²) in [4.78, 5) is 27.8. The minimum absolute atomic E-state index is 0.250. The Labute approximate surface area is 179 Å². The van der Waals surface area contributed by atoms with Gasteiger partial charge in [0.05, 0.1) is 34.1 Å². The van der Waals surface area contributed by atoms with Crippen molar-refractivity contribution in [2.45, 2.75) is 6.92 Å². The number of para-hydroxylation sites is 1. The van der Waals surface area contributed by atoms with E-state index in [4.69, 9.17) is 14.2 Å². The van der Waals surface area contributed by atoms with Gasteiger partial charge in [-0.25, -0.2) is 5.43 Å². The third-order valence-electron chi connectivity index (χ3n) is 4.66. The van der Waals surface area contributed by atoms with Crippen LogP contribution in [0.2, 0.25) is 0 Å². The molecule has 0 aliphatic rings. The molecule has 2 aromatic carbocycles. The molecule has 2 amide bonds. The van der Waals surface area contributed by atoms with E-state index in [0.29, 0.717) is 17.2 Å². The molecular formula is C22H24N4O5. The predicted octanol–water partition coefficient (Wildman–Crippen LogP) is 2.38. The summed E-state index contributed by atoms with van der Waals surface area (Å²) in [5.74, 6) is 0.131. The van der Waals surface area contributed by atoms with Crippen LogP contribution < -0.4 is 25.0 Å². The van der Waals surface area contributed by atoms with Crippen molar-refractivity contribution in [1.82, 2.24) is 15.7 Å². The molecule has 31 heavy (non-hydrogen) atoms. The number of hydrogen-bond donors (Lipinski definition) is 3. The molecule has 0 aliphatic heterocycles. The monoisotopic (exact) mass is 424 g/mol. The number of aromatic nitrogens is 1. The maximum atomic E-state index is 12.5. The largest absolute Gasteiger partial charge is 0.493 e. The van der Waals surface area contributed by atoms with Crippen LogP contribution in [0.3, 0.4) is 0 Å². The lowest BCUT2D eigenvalue weighted by Gasteiger charge is -2.14. The van der Waals surface area contributed by atoms with Gasteiger partial charge in [-0.2, -0.15) is 5.10 Å². The zero-order valence-corrected chi connectivity index (χ0v) is 17.7. The number of hydrogen-bond acceptors (Lipinski definition) is 6. The van der Waals surface area contributed by atoms with Gasteiger partial charge < -0.3 is 24.5 Å². The fourth-order valence-electron chi connectivity index (χ4n) is 3.15. The zero-order chi connectivity index (χ0) is 22.4. The first-order valence-corrected chi connectivity index (χ1v) is 9.46. The number of amides is 2. The van der Waals surface area contributed by atoms with Gasteiger partial charge >= 0.3 is 0 Å². The molecule has 1 aromatic heterocycles. The van der Waals surface area contributed by atoms with Crippen molar-refractivity contribution in [2.75, 3.05) is 27.9 Å². The Bertz CT molecular complexity index is 1110. The Morgan fingerprint density at radius 2 is 1.74 bits per heavy atom. The molecule has 162 valence electrons. The highest BCUT2D eigenvalue weighted by Crippen LogP contribution is 2.38. The van der Waals surface area contributed by atoms with Crippen molar-refractivity contribution in [3.8, 4) is 17.2 Å². The topological polar surface area (TPSA) is 114 Å². The fourth-order valence-corrected chi connectivity index (χ4v) is 3.15. The Morgan fingerprint density at radius 3 is 2.39 bits per heavy atom. The molecule has 0 fully saturated rings. The SMILES string of the molecule is COc1cc(C(=O)NCC(=O)N/N=C\c2c(C)[nH]c3ccccc23)cc(OC)c1OC. The van der Waals surface area contributed by atoms with Crippen LogP contribution in [0, 0.1) is 6.92 Å². The van der Waals surface area contributed by atoms with Crippen LogP contribution in [0.15, 0.2) is 41.5 Å². The van der Waals surface area contributed by atoms with Crippen molar-refractivity contribution >= 4 is 28.9 Å². The second-order valence-electron chi connectivity index (χ2n) is 6.60. The highest BCUT2D eigenvalue weighted by Gasteiger charge is 2.17. The number of benzene rings is 2. The van der Waals surface area contributed by atoms with Crippen molar-refractivity contribution in [2.24, 2.45) is 5.10 Å². The molecule has 1 heterocycles. The number of H-pyrrole nitrogens is 1. The minimum atomic E-state index is -0.467. The van der Waals surface area contributed by atoms with Gasteiger partial charge in [0.2, 0.25) is 5.75 Å². The smallest absolute Gasteiger partial charge is 0.259 e. The van der Waals surface area contributed by atoms with Crippen molar-refractivity contribution in [3.05, 3.63) is 53.2 Å². The normalized spacial score (nSPS) is 10.8. The molecule has 0 bridgehead atoms. The van der Waals surface area contributed by atoms with Crippen LogP contribution in [-0.2, 0) is 4.79 Å². The van der Waals surface area contributed by atoms with E-state index >= 15 is 0 Å². The minimum Gasteiger partial charge on any atom is -0.493 e. The van der Waals surface area contributed by atoms with E-state index in [2.05, 4.69) is 20.8 Å². The third kappa shape index (κ3) is 4.77. The second kappa shape index (κ2) is 9.66. The van der Waals surface area contributed by atoms with Crippen molar-refractivity contribution < 1.29 is 23.8 Å². The van der Waals surface area contributed by atoms with Gasteiger partial charge in [-0.1, -0.05) is 18.2 Å². The van der Waals surface area contributed by atoms with E-state index in [0.717, 1.165) is 22.2 Å². The summed E-state index contributed by atoms with van der Waals surface area (Å²) < 4.78 is 15.7. The maximum Gasteiger partial charge on any atom is 0.259 e. The van der Waals surface area contributed by atoms with Gasteiger partial charge in [-0.3, -0.25) is 9.59 Å². The van der Waals surface area contributed by atoms with Crippen LogP contribution >= 0.6 is 0 Å². The predicted molar refractivity (Wildman–Crippen MR) is 117 cm³/mol. The second-order valence-corrected chi connectivity index (χ2v) is 6.60. The van der Waals surface area contributed by atoms with Crippen molar-refractivity contribution in [3.63, 3.8) is 0 Å². The lowest BCUT2D eigenvalue weighted by Crippen LogP contribution is -2.35. The summed E-state index contributed by atoms with van der Waals surface area (Å²) in [6.07, 6.45) is 1.58. The molecule has 0 atom stereocenters. The van der Waals surface area contributed by atoms with E-state index in [-0.39, 0.29) is 12.1 Å². The van der Waals surface area contributed by atoms with E-state index in [1.54, 1.807) is 6.21 Å². The highest BCUT2D eigenvalue weighted by molar-refractivity contribution is 6.01.